The summed E-state index contributed by atoms with van der Waals surface area (Å²) in [5, 5.41) is 3.46. The van der Waals surface area contributed by atoms with Gasteiger partial charge in [0.15, 0.2) is 0 Å². The molecule has 1 fully saturated rings. The Hall–Kier alpha value is -1.89. The molecule has 0 aromatic heterocycles. The molecule has 1 N–H and O–H groups in total. The highest BCUT2D eigenvalue weighted by Gasteiger charge is 2.26. The van der Waals surface area contributed by atoms with Crippen LogP contribution in [-0.2, 0) is 21.2 Å². The minimum atomic E-state index is -3.54. The van der Waals surface area contributed by atoms with Crippen LogP contribution in [0, 0.1) is 13.8 Å². The SMILES string of the molecule is Cc1ccc(CC(=O)Nc2cc(S(=O)(=O)N3CCCCC3)ccc2C)cc1Cl. The highest BCUT2D eigenvalue weighted by atomic mass is 35.5. The third-order valence-corrected chi connectivity index (χ3v) is 7.34. The molecule has 3 rings (SSSR count). The number of rotatable bonds is 5. The molecule has 0 radical (unpaired) electrons. The van der Waals surface area contributed by atoms with Crippen LogP contribution in [0.5, 0.6) is 0 Å². The number of benzene rings is 2. The van der Waals surface area contributed by atoms with Crippen molar-refractivity contribution in [3.8, 4) is 0 Å². The topological polar surface area (TPSA) is 66.5 Å². The Morgan fingerprint density at radius 1 is 1.04 bits per heavy atom. The van der Waals surface area contributed by atoms with E-state index in [0.29, 0.717) is 23.8 Å². The number of carbonyl (C=O) groups is 1. The van der Waals surface area contributed by atoms with Crippen molar-refractivity contribution in [1.29, 1.82) is 0 Å². The van der Waals surface area contributed by atoms with Crippen molar-refractivity contribution in [2.45, 2.75) is 44.4 Å². The summed E-state index contributed by atoms with van der Waals surface area (Å²) in [6.45, 7) is 4.84. The van der Waals surface area contributed by atoms with Crippen molar-refractivity contribution in [3.63, 3.8) is 0 Å². The highest BCUT2D eigenvalue weighted by Crippen LogP contribution is 2.25. The molecule has 0 aliphatic carbocycles. The van der Waals surface area contributed by atoms with Crippen molar-refractivity contribution in [3.05, 3.63) is 58.1 Å². The summed E-state index contributed by atoms with van der Waals surface area (Å²) in [5.74, 6) is -0.212. The van der Waals surface area contributed by atoms with Gasteiger partial charge >= 0.3 is 0 Å². The average Bonchev–Trinajstić information content (AvgIpc) is 2.67. The molecule has 0 bridgehead atoms. The second-order valence-corrected chi connectivity index (χ2v) is 9.60. The van der Waals surface area contributed by atoms with Crippen molar-refractivity contribution in [2.24, 2.45) is 0 Å². The van der Waals surface area contributed by atoms with E-state index in [-0.39, 0.29) is 17.2 Å². The number of hydrogen-bond donors (Lipinski definition) is 1. The monoisotopic (exact) mass is 420 g/mol. The van der Waals surface area contributed by atoms with E-state index in [0.717, 1.165) is 36.0 Å². The predicted molar refractivity (Wildman–Crippen MR) is 112 cm³/mol. The molecule has 7 heteroatoms. The van der Waals surface area contributed by atoms with Crippen molar-refractivity contribution < 1.29 is 13.2 Å². The van der Waals surface area contributed by atoms with Crippen LogP contribution in [0.1, 0.15) is 36.0 Å². The van der Waals surface area contributed by atoms with Crippen LogP contribution < -0.4 is 5.32 Å². The minimum absolute atomic E-state index is 0.169. The van der Waals surface area contributed by atoms with Gasteiger partial charge in [-0.05, 0) is 61.6 Å². The Bertz CT molecular complexity index is 983. The van der Waals surface area contributed by atoms with Gasteiger partial charge in [0.1, 0.15) is 0 Å². The number of halogens is 1. The summed E-state index contributed by atoms with van der Waals surface area (Å²) in [7, 11) is -3.54. The summed E-state index contributed by atoms with van der Waals surface area (Å²) in [4.78, 5) is 12.7. The van der Waals surface area contributed by atoms with E-state index < -0.39 is 10.0 Å². The van der Waals surface area contributed by atoms with Gasteiger partial charge in [-0.2, -0.15) is 4.31 Å². The molecule has 28 heavy (non-hydrogen) atoms. The average molecular weight is 421 g/mol. The summed E-state index contributed by atoms with van der Waals surface area (Å²) in [6, 6.07) is 10.4. The second-order valence-electron chi connectivity index (χ2n) is 7.25. The van der Waals surface area contributed by atoms with Gasteiger partial charge < -0.3 is 5.32 Å². The normalized spacial score (nSPS) is 15.4. The van der Waals surface area contributed by atoms with Gasteiger partial charge in [-0.15, -0.1) is 0 Å². The number of carbonyl (C=O) groups excluding carboxylic acids is 1. The summed E-state index contributed by atoms with van der Waals surface area (Å²) in [6.07, 6.45) is 2.99. The zero-order chi connectivity index (χ0) is 20.3. The van der Waals surface area contributed by atoms with Crippen molar-refractivity contribution >= 4 is 33.2 Å². The van der Waals surface area contributed by atoms with Crippen LogP contribution in [0.4, 0.5) is 5.69 Å². The van der Waals surface area contributed by atoms with E-state index in [9.17, 15) is 13.2 Å². The van der Waals surface area contributed by atoms with Crippen LogP contribution in [-0.4, -0.2) is 31.7 Å². The van der Waals surface area contributed by atoms with Gasteiger partial charge in [0.2, 0.25) is 15.9 Å². The van der Waals surface area contributed by atoms with E-state index in [1.165, 1.54) is 4.31 Å². The largest absolute Gasteiger partial charge is 0.326 e. The molecular weight excluding hydrogens is 396 g/mol. The number of piperidine rings is 1. The lowest BCUT2D eigenvalue weighted by Crippen LogP contribution is -2.35. The Morgan fingerprint density at radius 3 is 2.39 bits per heavy atom. The zero-order valence-electron chi connectivity index (χ0n) is 16.2. The van der Waals surface area contributed by atoms with Gasteiger partial charge in [-0.25, -0.2) is 8.42 Å². The number of nitrogens with zero attached hydrogens (tertiary/aromatic N) is 1. The highest BCUT2D eigenvalue weighted by molar-refractivity contribution is 7.89. The van der Waals surface area contributed by atoms with Crippen LogP contribution >= 0.6 is 11.6 Å². The number of amides is 1. The summed E-state index contributed by atoms with van der Waals surface area (Å²) >= 11 is 6.12. The van der Waals surface area contributed by atoms with Crippen molar-refractivity contribution in [1.82, 2.24) is 4.31 Å². The lowest BCUT2D eigenvalue weighted by Gasteiger charge is -2.26. The fraction of sp³-hybridized carbons (Fsp3) is 0.381. The second kappa shape index (κ2) is 8.64. The molecule has 0 atom stereocenters. The molecule has 1 saturated heterocycles. The lowest BCUT2D eigenvalue weighted by molar-refractivity contribution is -0.115. The molecule has 5 nitrogen and oxygen atoms in total. The lowest BCUT2D eigenvalue weighted by atomic mass is 10.1. The maximum absolute atomic E-state index is 12.9. The Morgan fingerprint density at radius 2 is 1.71 bits per heavy atom. The molecule has 1 aliphatic heterocycles. The smallest absolute Gasteiger partial charge is 0.243 e. The van der Waals surface area contributed by atoms with Gasteiger partial charge in [0.25, 0.3) is 0 Å². The molecule has 1 aliphatic rings. The standard InChI is InChI=1S/C21H25ClN2O3S/c1-15-6-8-17(12-19(15)22)13-21(25)23-20-14-18(9-7-16(20)2)28(26,27)24-10-4-3-5-11-24/h6-9,12,14H,3-5,10-11,13H2,1-2H3,(H,23,25). The van der Waals surface area contributed by atoms with E-state index in [2.05, 4.69) is 5.32 Å². The summed E-state index contributed by atoms with van der Waals surface area (Å²) in [5.41, 5.74) is 3.09. The molecule has 0 unspecified atom stereocenters. The molecule has 1 amide bonds. The number of anilines is 1. The third-order valence-electron chi connectivity index (χ3n) is 5.04. The molecule has 1 heterocycles. The van der Waals surface area contributed by atoms with Crippen LogP contribution in [0.15, 0.2) is 41.3 Å². The first-order valence-electron chi connectivity index (χ1n) is 9.43. The third kappa shape index (κ3) is 4.74. The molecule has 0 spiro atoms. The van der Waals surface area contributed by atoms with Crippen LogP contribution in [0.2, 0.25) is 5.02 Å². The predicted octanol–water partition coefficient (Wildman–Crippen LogP) is 4.31. The Balaban J connectivity index is 1.77. The zero-order valence-corrected chi connectivity index (χ0v) is 17.7. The maximum atomic E-state index is 12.9. The number of sulfonamides is 1. The molecule has 2 aromatic rings. The van der Waals surface area contributed by atoms with Crippen LogP contribution in [0.3, 0.4) is 0 Å². The molecule has 0 saturated carbocycles. The molecular formula is C21H25ClN2O3S. The quantitative estimate of drug-likeness (QED) is 0.783. The minimum Gasteiger partial charge on any atom is -0.326 e. The first kappa shape index (κ1) is 20.8. The van der Waals surface area contributed by atoms with Crippen LogP contribution in [0.25, 0.3) is 0 Å². The molecule has 2 aromatic carbocycles. The van der Waals surface area contributed by atoms with Gasteiger partial charge in [-0.1, -0.05) is 36.2 Å². The van der Waals surface area contributed by atoms with Crippen molar-refractivity contribution in [2.75, 3.05) is 18.4 Å². The fourth-order valence-electron chi connectivity index (χ4n) is 3.28. The molecule has 150 valence electrons. The first-order chi connectivity index (χ1) is 13.3. The van der Waals surface area contributed by atoms with Gasteiger partial charge in [-0.3, -0.25) is 4.79 Å². The number of hydrogen-bond acceptors (Lipinski definition) is 3. The maximum Gasteiger partial charge on any atom is 0.243 e. The van der Waals surface area contributed by atoms with E-state index in [4.69, 9.17) is 11.6 Å². The van der Waals surface area contributed by atoms with E-state index in [1.807, 2.05) is 26.0 Å². The number of aryl methyl sites for hydroxylation is 2. The van der Waals surface area contributed by atoms with Gasteiger partial charge in [0, 0.05) is 23.8 Å². The Labute approximate surface area is 171 Å². The Kier molecular flexibility index (Phi) is 6.43. The summed E-state index contributed by atoms with van der Waals surface area (Å²) < 4.78 is 27.3. The fourth-order valence-corrected chi connectivity index (χ4v) is 5.02. The van der Waals surface area contributed by atoms with Gasteiger partial charge in [0.05, 0.1) is 11.3 Å². The first-order valence-corrected chi connectivity index (χ1v) is 11.2. The van der Waals surface area contributed by atoms with E-state index >= 15 is 0 Å². The van der Waals surface area contributed by atoms with E-state index in [1.54, 1.807) is 24.3 Å². The number of nitrogens with one attached hydrogen (secondary N) is 1.